The fourth-order valence-electron chi connectivity index (χ4n) is 5.29. The number of fused-ring (bicyclic) bond motifs is 2. The standard InChI is InChI=1S/C27H36BN3/c1-19(2)25-9-3-6-23-16-27-28(18-26(23)25)17-24(31-27)15-20-10-11-21(7-4-12-29)22(14-20)8-5-13-30/h3,6,9-11,14,17,27,31H,1,4-5,7-8,12-13,15-16,18,29-30H2,2H3. The average molecular weight is 413 g/mol. The third-order valence-corrected chi connectivity index (χ3v) is 6.88. The minimum atomic E-state index is 0.517. The Labute approximate surface area is 188 Å². The van der Waals surface area contributed by atoms with Crippen LogP contribution >= 0.6 is 0 Å². The Bertz CT molecular complexity index is 978. The molecule has 0 radical (unpaired) electrons. The minimum absolute atomic E-state index is 0.517. The summed E-state index contributed by atoms with van der Waals surface area (Å²) in [7, 11) is 0. The molecule has 4 rings (SSSR count). The number of aryl methyl sites for hydroxylation is 2. The summed E-state index contributed by atoms with van der Waals surface area (Å²) < 4.78 is 0. The summed E-state index contributed by atoms with van der Waals surface area (Å²) in [5.74, 6) is 3.01. The van der Waals surface area contributed by atoms with Gasteiger partial charge in [-0.25, -0.2) is 0 Å². The number of benzene rings is 2. The zero-order chi connectivity index (χ0) is 21.8. The van der Waals surface area contributed by atoms with E-state index in [1.54, 1.807) is 0 Å². The molecule has 2 aliphatic rings. The van der Waals surface area contributed by atoms with E-state index in [1.165, 1.54) is 44.7 Å². The second-order valence-corrected chi connectivity index (χ2v) is 9.30. The van der Waals surface area contributed by atoms with E-state index >= 15 is 0 Å². The van der Waals surface area contributed by atoms with Gasteiger partial charge in [-0.15, -0.1) is 0 Å². The second-order valence-electron chi connectivity index (χ2n) is 9.30. The predicted molar refractivity (Wildman–Crippen MR) is 134 cm³/mol. The maximum Gasteiger partial charge on any atom is 0.199 e. The van der Waals surface area contributed by atoms with Gasteiger partial charge < -0.3 is 16.8 Å². The van der Waals surface area contributed by atoms with Gasteiger partial charge >= 0.3 is 0 Å². The maximum absolute atomic E-state index is 5.78. The molecule has 0 saturated carbocycles. The van der Waals surface area contributed by atoms with Crippen LogP contribution in [0.3, 0.4) is 0 Å². The van der Waals surface area contributed by atoms with Crippen LogP contribution in [0.1, 0.15) is 53.1 Å². The fourth-order valence-corrected chi connectivity index (χ4v) is 5.29. The van der Waals surface area contributed by atoms with Crippen LogP contribution in [0, 0.1) is 0 Å². The molecular formula is C27H36BN3. The van der Waals surface area contributed by atoms with Gasteiger partial charge in [0.05, 0.1) is 0 Å². The number of nitrogens with two attached hydrogens (primary N) is 2. The molecule has 31 heavy (non-hydrogen) atoms. The summed E-state index contributed by atoms with van der Waals surface area (Å²) in [6.45, 7) is 8.37. The highest BCUT2D eigenvalue weighted by Gasteiger charge is 2.35. The van der Waals surface area contributed by atoms with E-state index in [1.807, 2.05) is 0 Å². The average Bonchev–Trinajstić information content (AvgIpc) is 3.15. The molecule has 0 amide bonds. The molecule has 0 aromatic heterocycles. The fraction of sp³-hybridized carbons (Fsp3) is 0.407. The molecule has 3 nitrogen and oxygen atoms in total. The van der Waals surface area contributed by atoms with E-state index in [-0.39, 0.29) is 0 Å². The number of hydrogen-bond donors (Lipinski definition) is 3. The number of allylic oxidation sites excluding steroid dienone is 2. The molecule has 5 N–H and O–H groups in total. The van der Waals surface area contributed by atoms with Gasteiger partial charge in [0.1, 0.15) is 0 Å². The van der Waals surface area contributed by atoms with E-state index in [9.17, 15) is 0 Å². The van der Waals surface area contributed by atoms with Gasteiger partial charge in [-0.05, 0) is 91.8 Å². The van der Waals surface area contributed by atoms with E-state index < -0.39 is 0 Å². The highest BCUT2D eigenvalue weighted by molar-refractivity contribution is 6.67. The van der Waals surface area contributed by atoms with Crippen molar-refractivity contribution in [1.82, 2.24) is 5.32 Å². The van der Waals surface area contributed by atoms with Gasteiger partial charge in [-0.2, -0.15) is 0 Å². The van der Waals surface area contributed by atoms with Crippen LogP contribution < -0.4 is 16.8 Å². The first-order valence-corrected chi connectivity index (χ1v) is 11.8. The van der Waals surface area contributed by atoms with Crippen molar-refractivity contribution < 1.29 is 0 Å². The molecule has 4 heteroatoms. The lowest BCUT2D eigenvalue weighted by atomic mass is 9.39. The van der Waals surface area contributed by atoms with Crippen molar-refractivity contribution in [2.75, 3.05) is 13.1 Å². The summed E-state index contributed by atoms with van der Waals surface area (Å²) in [4.78, 5) is 0. The molecule has 0 saturated heterocycles. The van der Waals surface area contributed by atoms with Crippen LogP contribution in [-0.4, -0.2) is 25.7 Å². The van der Waals surface area contributed by atoms with Crippen molar-refractivity contribution in [3.05, 3.63) is 88.0 Å². The second kappa shape index (κ2) is 9.89. The van der Waals surface area contributed by atoms with Crippen LogP contribution in [0.25, 0.3) is 5.57 Å². The normalized spacial score (nSPS) is 17.1. The SMILES string of the molecule is C=C(C)c1cccc2c1CB1C=C(Cc3ccc(CCCN)c(CCCN)c3)NC1C2. The highest BCUT2D eigenvalue weighted by Crippen LogP contribution is 2.31. The van der Waals surface area contributed by atoms with Crippen molar-refractivity contribution in [1.29, 1.82) is 0 Å². The van der Waals surface area contributed by atoms with Gasteiger partial charge in [0, 0.05) is 18.1 Å². The smallest absolute Gasteiger partial charge is 0.199 e. The van der Waals surface area contributed by atoms with Crippen LogP contribution in [0.2, 0.25) is 0 Å². The van der Waals surface area contributed by atoms with Gasteiger partial charge in [0.25, 0.3) is 0 Å². The maximum atomic E-state index is 5.78. The molecule has 2 aromatic rings. The molecule has 0 spiro atoms. The predicted octanol–water partition coefficient (Wildman–Crippen LogP) is 3.81. The van der Waals surface area contributed by atoms with Gasteiger partial charge in [-0.3, -0.25) is 0 Å². The van der Waals surface area contributed by atoms with Crippen molar-refractivity contribution in [3.63, 3.8) is 0 Å². The Morgan fingerprint density at radius 2 is 1.87 bits per heavy atom. The lowest BCUT2D eigenvalue weighted by molar-refractivity contribution is 0.698. The molecule has 2 heterocycles. The van der Waals surface area contributed by atoms with Gasteiger partial charge in [-0.1, -0.05) is 54.5 Å². The number of hydrogen-bond acceptors (Lipinski definition) is 3. The van der Waals surface area contributed by atoms with E-state index in [2.05, 4.69) is 61.2 Å². The molecule has 162 valence electrons. The number of nitrogens with one attached hydrogen (secondary N) is 1. The monoisotopic (exact) mass is 413 g/mol. The molecule has 0 fully saturated rings. The molecule has 2 aliphatic heterocycles. The molecule has 0 aliphatic carbocycles. The summed E-state index contributed by atoms with van der Waals surface area (Å²) in [5.41, 5.74) is 22.7. The van der Waals surface area contributed by atoms with Crippen molar-refractivity contribution in [2.24, 2.45) is 11.5 Å². The quantitative estimate of drug-likeness (QED) is 0.548. The molecule has 1 unspecified atom stereocenters. The number of rotatable bonds is 9. The lowest BCUT2D eigenvalue weighted by Crippen LogP contribution is -2.42. The van der Waals surface area contributed by atoms with Crippen LogP contribution in [0.15, 0.2) is 54.6 Å². The summed E-state index contributed by atoms with van der Waals surface area (Å²) >= 11 is 0. The minimum Gasteiger partial charge on any atom is -0.393 e. The van der Waals surface area contributed by atoms with E-state index in [0.29, 0.717) is 12.7 Å². The molecule has 2 aromatic carbocycles. The summed E-state index contributed by atoms with van der Waals surface area (Å²) in [6.07, 6.45) is 7.38. The zero-order valence-electron chi connectivity index (χ0n) is 18.9. The van der Waals surface area contributed by atoms with Crippen LogP contribution in [0.5, 0.6) is 0 Å². The third kappa shape index (κ3) is 4.97. The van der Waals surface area contributed by atoms with Crippen molar-refractivity contribution in [3.8, 4) is 0 Å². The third-order valence-electron chi connectivity index (χ3n) is 6.88. The Morgan fingerprint density at radius 1 is 1.10 bits per heavy atom. The Morgan fingerprint density at radius 3 is 2.61 bits per heavy atom. The topological polar surface area (TPSA) is 64.1 Å². The van der Waals surface area contributed by atoms with Crippen LogP contribution in [0.4, 0.5) is 0 Å². The van der Waals surface area contributed by atoms with Crippen LogP contribution in [-0.2, 0) is 32.0 Å². The highest BCUT2D eigenvalue weighted by atomic mass is 14.9. The molecule has 1 atom stereocenters. The Balaban J connectivity index is 1.49. The van der Waals surface area contributed by atoms with Crippen molar-refractivity contribution in [2.45, 2.75) is 57.7 Å². The van der Waals surface area contributed by atoms with E-state index in [4.69, 9.17) is 11.5 Å². The van der Waals surface area contributed by atoms with Crippen molar-refractivity contribution >= 4 is 12.3 Å². The lowest BCUT2D eigenvalue weighted by Gasteiger charge is -2.28. The van der Waals surface area contributed by atoms with Gasteiger partial charge in [0.2, 0.25) is 0 Å². The first-order chi connectivity index (χ1) is 15.1. The Kier molecular flexibility index (Phi) is 6.99. The Hall–Kier alpha value is -2.30. The first-order valence-electron chi connectivity index (χ1n) is 11.8. The van der Waals surface area contributed by atoms with Gasteiger partial charge in [0.15, 0.2) is 6.71 Å². The first kappa shape index (κ1) is 21.9. The largest absolute Gasteiger partial charge is 0.393 e. The molecular weight excluding hydrogens is 377 g/mol. The zero-order valence-corrected chi connectivity index (χ0v) is 18.9. The summed E-state index contributed by atoms with van der Waals surface area (Å²) in [6, 6.07) is 13.7. The van der Waals surface area contributed by atoms with E-state index in [0.717, 1.165) is 57.9 Å². The molecule has 0 bridgehead atoms. The summed E-state index contributed by atoms with van der Waals surface area (Å²) in [5, 5.41) is 3.84.